The number of nitrogens with two attached hydrogens (primary N) is 1. The van der Waals surface area contributed by atoms with Crippen molar-refractivity contribution in [3.63, 3.8) is 0 Å². The van der Waals surface area contributed by atoms with Crippen molar-refractivity contribution in [3.8, 4) is 0 Å². The van der Waals surface area contributed by atoms with Crippen molar-refractivity contribution in [1.82, 2.24) is 4.90 Å². The molecule has 3 heteroatoms. The van der Waals surface area contributed by atoms with E-state index in [2.05, 4.69) is 49.2 Å². The van der Waals surface area contributed by atoms with Crippen LogP contribution in [0.5, 0.6) is 0 Å². The van der Waals surface area contributed by atoms with Gasteiger partial charge in [0.1, 0.15) is 0 Å². The summed E-state index contributed by atoms with van der Waals surface area (Å²) in [5.41, 5.74) is 7.37. The molecule has 0 saturated carbocycles. The van der Waals surface area contributed by atoms with Crippen molar-refractivity contribution in [2.75, 3.05) is 33.9 Å². The predicted octanol–water partition coefficient (Wildman–Crippen LogP) is 1.91. The molecule has 2 N–H and O–H groups in total. The zero-order chi connectivity index (χ0) is 13.4. The van der Waals surface area contributed by atoms with Crippen LogP contribution in [0, 0.1) is 0 Å². The van der Waals surface area contributed by atoms with Crippen molar-refractivity contribution >= 4 is 0 Å². The molecular formula is C15H26N2O. The summed E-state index contributed by atoms with van der Waals surface area (Å²) >= 11 is 0. The van der Waals surface area contributed by atoms with Gasteiger partial charge in [0.15, 0.2) is 0 Å². The molecule has 0 aliphatic rings. The molecule has 18 heavy (non-hydrogen) atoms. The van der Waals surface area contributed by atoms with E-state index in [1.54, 1.807) is 7.11 Å². The molecule has 1 aromatic rings. The molecule has 1 atom stereocenters. The summed E-state index contributed by atoms with van der Waals surface area (Å²) in [6.07, 6.45) is 2.12. The molecule has 0 aliphatic heterocycles. The number of nitrogens with zero attached hydrogens (tertiary/aromatic N) is 1. The average Bonchev–Trinajstić information content (AvgIpc) is 2.43. The van der Waals surface area contributed by atoms with Crippen LogP contribution in [0.4, 0.5) is 0 Å². The van der Waals surface area contributed by atoms with Crippen molar-refractivity contribution in [2.24, 2.45) is 5.73 Å². The fraction of sp³-hybridized carbons (Fsp3) is 0.600. The average molecular weight is 250 g/mol. The maximum Gasteiger partial charge on any atom is 0.0589 e. The highest BCUT2D eigenvalue weighted by Gasteiger charge is 2.26. The van der Waals surface area contributed by atoms with Crippen LogP contribution in [0.3, 0.4) is 0 Å². The fourth-order valence-electron chi connectivity index (χ4n) is 2.01. The summed E-state index contributed by atoms with van der Waals surface area (Å²) in [5, 5.41) is 0. The predicted molar refractivity (Wildman–Crippen MR) is 76.7 cm³/mol. The lowest BCUT2D eigenvalue weighted by Crippen LogP contribution is -2.51. The van der Waals surface area contributed by atoms with Gasteiger partial charge < -0.3 is 10.5 Å². The summed E-state index contributed by atoms with van der Waals surface area (Å²) in [7, 11) is 3.86. The first-order valence-corrected chi connectivity index (χ1v) is 6.56. The lowest BCUT2D eigenvalue weighted by atomic mass is 9.91. The van der Waals surface area contributed by atoms with E-state index in [-0.39, 0.29) is 5.54 Å². The largest absolute Gasteiger partial charge is 0.383 e. The normalized spacial score (nSPS) is 14.7. The molecule has 3 nitrogen and oxygen atoms in total. The zero-order valence-corrected chi connectivity index (χ0v) is 11.9. The maximum absolute atomic E-state index is 5.96. The lowest BCUT2D eigenvalue weighted by molar-refractivity contribution is 0.0887. The Morgan fingerprint density at radius 3 is 2.50 bits per heavy atom. The Morgan fingerprint density at radius 2 is 1.94 bits per heavy atom. The van der Waals surface area contributed by atoms with Gasteiger partial charge in [-0.05, 0) is 32.4 Å². The Kier molecular flexibility index (Phi) is 6.33. The first-order valence-electron chi connectivity index (χ1n) is 6.56. The van der Waals surface area contributed by atoms with E-state index in [1.165, 1.54) is 5.56 Å². The van der Waals surface area contributed by atoms with Gasteiger partial charge in [-0.15, -0.1) is 0 Å². The monoisotopic (exact) mass is 250 g/mol. The van der Waals surface area contributed by atoms with Gasteiger partial charge in [-0.25, -0.2) is 0 Å². The summed E-state index contributed by atoms with van der Waals surface area (Å²) in [6, 6.07) is 10.6. The summed E-state index contributed by atoms with van der Waals surface area (Å²) in [4.78, 5) is 2.31. The van der Waals surface area contributed by atoms with Gasteiger partial charge in [0.2, 0.25) is 0 Å². The van der Waals surface area contributed by atoms with Gasteiger partial charge in [-0.2, -0.15) is 0 Å². The smallest absolute Gasteiger partial charge is 0.0589 e. The van der Waals surface area contributed by atoms with Gasteiger partial charge in [-0.1, -0.05) is 30.3 Å². The van der Waals surface area contributed by atoms with Crippen molar-refractivity contribution in [1.29, 1.82) is 0 Å². The number of methoxy groups -OCH3 is 1. The molecule has 0 heterocycles. The molecule has 0 aromatic heterocycles. The van der Waals surface area contributed by atoms with E-state index in [0.29, 0.717) is 6.54 Å². The van der Waals surface area contributed by atoms with Crippen molar-refractivity contribution in [2.45, 2.75) is 25.3 Å². The van der Waals surface area contributed by atoms with Crippen LogP contribution in [0.1, 0.15) is 18.9 Å². The Balaban J connectivity index is 2.54. The van der Waals surface area contributed by atoms with Gasteiger partial charge in [-0.3, -0.25) is 4.90 Å². The van der Waals surface area contributed by atoms with E-state index in [9.17, 15) is 0 Å². The van der Waals surface area contributed by atoms with Crippen LogP contribution in [0.15, 0.2) is 30.3 Å². The standard InChI is InChI=1S/C15H26N2O/c1-15(13-16,17(2)11-12-18-3)10-9-14-7-5-4-6-8-14/h4-8H,9-13,16H2,1-3H3. The topological polar surface area (TPSA) is 38.5 Å². The number of rotatable bonds is 8. The van der Waals surface area contributed by atoms with Crippen LogP contribution in [-0.2, 0) is 11.2 Å². The van der Waals surface area contributed by atoms with Gasteiger partial charge in [0.25, 0.3) is 0 Å². The summed E-state index contributed by atoms with van der Waals surface area (Å²) < 4.78 is 5.13. The number of benzene rings is 1. The molecule has 0 amide bonds. The van der Waals surface area contributed by atoms with E-state index < -0.39 is 0 Å². The minimum absolute atomic E-state index is 0.0361. The Morgan fingerprint density at radius 1 is 1.28 bits per heavy atom. The number of likely N-dealkylation sites (N-methyl/N-ethyl adjacent to an activating group) is 1. The number of hydrogen-bond donors (Lipinski definition) is 1. The van der Waals surface area contributed by atoms with E-state index in [4.69, 9.17) is 10.5 Å². The lowest BCUT2D eigenvalue weighted by Gasteiger charge is -2.38. The van der Waals surface area contributed by atoms with Crippen molar-refractivity contribution < 1.29 is 4.74 Å². The Hall–Kier alpha value is -0.900. The second-order valence-corrected chi connectivity index (χ2v) is 5.10. The first kappa shape index (κ1) is 15.2. The van der Waals surface area contributed by atoms with Gasteiger partial charge in [0, 0.05) is 25.7 Å². The molecule has 1 aromatic carbocycles. The van der Waals surface area contributed by atoms with E-state index in [1.807, 2.05) is 0 Å². The summed E-state index contributed by atoms with van der Waals surface area (Å²) in [6.45, 7) is 4.56. The third-order valence-corrected chi connectivity index (χ3v) is 3.79. The molecule has 0 radical (unpaired) electrons. The third-order valence-electron chi connectivity index (χ3n) is 3.79. The van der Waals surface area contributed by atoms with Crippen molar-refractivity contribution in [3.05, 3.63) is 35.9 Å². The molecular weight excluding hydrogens is 224 g/mol. The highest BCUT2D eigenvalue weighted by molar-refractivity contribution is 5.15. The van der Waals surface area contributed by atoms with Gasteiger partial charge >= 0.3 is 0 Å². The molecule has 1 rings (SSSR count). The van der Waals surface area contributed by atoms with E-state index in [0.717, 1.165) is 26.0 Å². The zero-order valence-electron chi connectivity index (χ0n) is 11.9. The molecule has 0 aliphatic carbocycles. The highest BCUT2D eigenvalue weighted by Crippen LogP contribution is 2.19. The minimum atomic E-state index is 0.0361. The minimum Gasteiger partial charge on any atom is -0.383 e. The van der Waals surface area contributed by atoms with Gasteiger partial charge in [0.05, 0.1) is 6.61 Å². The van der Waals surface area contributed by atoms with Crippen LogP contribution in [0.25, 0.3) is 0 Å². The number of ether oxygens (including phenoxy) is 1. The Bertz CT molecular complexity index is 329. The SMILES string of the molecule is COCCN(C)C(C)(CN)CCc1ccccc1. The number of hydrogen-bond acceptors (Lipinski definition) is 3. The van der Waals surface area contributed by atoms with Crippen LogP contribution < -0.4 is 5.73 Å². The van der Waals surface area contributed by atoms with Crippen LogP contribution in [-0.4, -0.2) is 44.3 Å². The second kappa shape index (κ2) is 7.52. The second-order valence-electron chi connectivity index (χ2n) is 5.10. The van der Waals surface area contributed by atoms with Crippen LogP contribution in [0.2, 0.25) is 0 Å². The first-order chi connectivity index (χ1) is 8.62. The third kappa shape index (κ3) is 4.41. The number of aryl methyl sites for hydroxylation is 1. The fourth-order valence-corrected chi connectivity index (χ4v) is 2.01. The van der Waals surface area contributed by atoms with Crippen LogP contribution >= 0.6 is 0 Å². The quantitative estimate of drug-likeness (QED) is 0.766. The maximum atomic E-state index is 5.96. The highest BCUT2D eigenvalue weighted by atomic mass is 16.5. The molecule has 102 valence electrons. The molecule has 0 fully saturated rings. The summed E-state index contributed by atoms with van der Waals surface area (Å²) in [5.74, 6) is 0. The Labute approximate surface area is 111 Å². The molecule has 0 bridgehead atoms. The molecule has 1 unspecified atom stereocenters. The van der Waals surface area contributed by atoms with E-state index >= 15 is 0 Å². The molecule has 0 spiro atoms. The molecule has 0 saturated heterocycles.